The lowest BCUT2D eigenvalue weighted by molar-refractivity contribution is 0.0932. The SMILES string of the molecule is CCc1cccc2cc([C@H](O)COS(=O)(=O)c3ccc(C)cc3)oc12. The van der Waals surface area contributed by atoms with E-state index in [1.165, 1.54) is 12.1 Å². The van der Waals surface area contributed by atoms with E-state index < -0.39 is 22.8 Å². The maximum Gasteiger partial charge on any atom is 0.297 e. The van der Waals surface area contributed by atoms with Crippen LogP contribution in [0.4, 0.5) is 0 Å². The number of hydrogen-bond acceptors (Lipinski definition) is 5. The molecule has 0 saturated carbocycles. The molecule has 1 atom stereocenters. The van der Waals surface area contributed by atoms with Gasteiger partial charge in [-0.25, -0.2) is 0 Å². The van der Waals surface area contributed by atoms with Gasteiger partial charge in [0.1, 0.15) is 17.4 Å². The molecule has 25 heavy (non-hydrogen) atoms. The maximum absolute atomic E-state index is 12.2. The monoisotopic (exact) mass is 360 g/mol. The van der Waals surface area contributed by atoms with Crippen molar-refractivity contribution in [3.05, 3.63) is 65.4 Å². The number of furan rings is 1. The van der Waals surface area contributed by atoms with Crippen molar-refractivity contribution in [3.63, 3.8) is 0 Å². The molecule has 1 N–H and O–H groups in total. The lowest BCUT2D eigenvalue weighted by Crippen LogP contribution is -2.13. The molecule has 0 fully saturated rings. The van der Waals surface area contributed by atoms with Crippen LogP contribution in [0.1, 0.15) is 29.9 Å². The molecular formula is C19H20O5S. The summed E-state index contributed by atoms with van der Waals surface area (Å²) < 4.78 is 35.1. The van der Waals surface area contributed by atoms with Gasteiger partial charge < -0.3 is 9.52 Å². The molecular weight excluding hydrogens is 340 g/mol. The van der Waals surface area contributed by atoms with Gasteiger partial charge in [0.2, 0.25) is 0 Å². The number of para-hydroxylation sites is 1. The maximum atomic E-state index is 12.2. The van der Waals surface area contributed by atoms with Crippen molar-refractivity contribution in [2.75, 3.05) is 6.61 Å². The zero-order chi connectivity index (χ0) is 18.0. The highest BCUT2D eigenvalue weighted by molar-refractivity contribution is 7.86. The van der Waals surface area contributed by atoms with E-state index >= 15 is 0 Å². The summed E-state index contributed by atoms with van der Waals surface area (Å²) in [6, 6.07) is 13.8. The highest BCUT2D eigenvalue weighted by Crippen LogP contribution is 2.28. The molecule has 132 valence electrons. The Kier molecular flexibility index (Phi) is 4.94. The van der Waals surface area contributed by atoms with E-state index in [0.29, 0.717) is 5.58 Å². The van der Waals surface area contributed by atoms with Crippen LogP contribution in [-0.2, 0) is 20.7 Å². The number of hydrogen-bond donors (Lipinski definition) is 1. The average molecular weight is 360 g/mol. The highest BCUT2D eigenvalue weighted by Gasteiger charge is 2.21. The summed E-state index contributed by atoms with van der Waals surface area (Å²) in [5.74, 6) is 0.287. The first kappa shape index (κ1) is 17.7. The summed E-state index contributed by atoms with van der Waals surface area (Å²) >= 11 is 0. The van der Waals surface area contributed by atoms with Crippen LogP contribution in [0, 0.1) is 6.92 Å². The van der Waals surface area contributed by atoms with Crippen LogP contribution in [0.2, 0.25) is 0 Å². The van der Waals surface area contributed by atoms with Crippen molar-refractivity contribution in [2.24, 2.45) is 0 Å². The summed E-state index contributed by atoms with van der Waals surface area (Å²) in [6.45, 7) is 3.48. The van der Waals surface area contributed by atoms with Crippen molar-refractivity contribution in [1.82, 2.24) is 0 Å². The van der Waals surface area contributed by atoms with Crippen LogP contribution >= 0.6 is 0 Å². The Morgan fingerprint density at radius 1 is 1.16 bits per heavy atom. The fourth-order valence-electron chi connectivity index (χ4n) is 2.60. The van der Waals surface area contributed by atoms with Gasteiger partial charge in [-0.1, -0.05) is 42.8 Å². The first-order chi connectivity index (χ1) is 11.9. The molecule has 3 rings (SSSR count). The minimum atomic E-state index is -3.92. The van der Waals surface area contributed by atoms with Gasteiger partial charge in [0.25, 0.3) is 10.1 Å². The molecule has 0 amide bonds. The Morgan fingerprint density at radius 3 is 2.56 bits per heavy atom. The van der Waals surface area contributed by atoms with Crippen LogP contribution in [0.3, 0.4) is 0 Å². The largest absolute Gasteiger partial charge is 0.458 e. The Labute approximate surface area is 147 Å². The Balaban J connectivity index is 1.76. The lowest BCUT2D eigenvalue weighted by Gasteiger charge is -2.09. The van der Waals surface area contributed by atoms with Crippen LogP contribution in [-0.4, -0.2) is 20.1 Å². The van der Waals surface area contributed by atoms with Gasteiger partial charge in [0.15, 0.2) is 0 Å². The molecule has 0 unspecified atom stereocenters. The molecule has 1 aromatic heterocycles. The molecule has 0 spiro atoms. The molecule has 0 aliphatic carbocycles. The summed E-state index contributed by atoms with van der Waals surface area (Å²) in [5.41, 5.74) is 2.69. The second kappa shape index (κ2) is 7.00. The number of aryl methyl sites for hydroxylation is 2. The smallest absolute Gasteiger partial charge is 0.297 e. The third kappa shape index (κ3) is 3.76. The van der Waals surface area contributed by atoms with Gasteiger partial charge in [-0.2, -0.15) is 8.42 Å². The topological polar surface area (TPSA) is 76.7 Å². The van der Waals surface area contributed by atoms with Gasteiger partial charge in [0.05, 0.1) is 11.5 Å². The molecule has 0 radical (unpaired) electrons. The van der Waals surface area contributed by atoms with Crippen molar-refractivity contribution in [2.45, 2.75) is 31.3 Å². The zero-order valence-electron chi connectivity index (χ0n) is 14.1. The second-order valence-corrected chi connectivity index (χ2v) is 7.52. The fourth-order valence-corrected chi connectivity index (χ4v) is 3.51. The summed E-state index contributed by atoms with van der Waals surface area (Å²) in [5, 5.41) is 11.1. The van der Waals surface area contributed by atoms with E-state index in [1.54, 1.807) is 18.2 Å². The van der Waals surface area contributed by atoms with E-state index in [2.05, 4.69) is 0 Å². The Bertz CT molecular complexity index is 971. The average Bonchev–Trinajstić information content (AvgIpc) is 3.04. The van der Waals surface area contributed by atoms with Crippen LogP contribution in [0.5, 0.6) is 0 Å². The molecule has 0 saturated heterocycles. The fraction of sp³-hybridized carbons (Fsp3) is 0.263. The predicted octanol–water partition coefficient (Wildman–Crippen LogP) is 3.74. The van der Waals surface area contributed by atoms with Gasteiger partial charge in [0, 0.05) is 5.39 Å². The standard InChI is InChI=1S/C19H20O5S/c1-3-14-5-4-6-15-11-18(24-19(14)15)17(20)12-23-25(21,22)16-9-7-13(2)8-10-16/h4-11,17,20H,3,12H2,1-2H3/t17-/m1/s1. The predicted molar refractivity (Wildman–Crippen MR) is 94.9 cm³/mol. The van der Waals surface area contributed by atoms with Gasteiger partial charge in [-0.3, -0.25) is 4.18 Å². The molecule has 0 aliphatic rings. The van der Waals surface area contributed by atoms with Crippen LogP contribution < -0.4 is 0 Å². The highest BCUT2D eigenvalue weighted by atomic mass is 32.2. The Hall–Kier alpha value is -2.15. The number of fused-ring (bicyclic) bond motifs is 1. The van der Waals surface area contributed by atoms with Gasteiger partial charge in [-0.05, 0) is 37.1 Å². The number of rotatable bonds is 6. The van der Waals surface area contributed by atoms with Crippen molar-refractivity contribution >= 4 is 21.1 Å². The molecule has 5 nitrogen and oxygen atoms in total. The normalized spacial score (nSPS) is 13.2. The van der Waals surface area contributed by atoms with Gasteiger partial charge >= 0.3 is 0 Å². The van der Waals surface area contributed by atoms with E-state index in [4.69, 9.17) is 8.60 Å². The molecule has 1 heterocycles. The second-order valence-electron chi connectivity index (χ2n) is 5.91. The molecule has 0 bridgehead atoms. The third-order valence-corrected chi connectivity index (χ3v) is 5.34. The van der Waals surface area contributed by atoms with Crippen LogP contribution in [0.25, 0.3) is 11.0 Å². The van der Waals surface area contributed by atoms with E-state index in [-0.39, 0.29) is 10.7 Å². The molecule has 0 aliphatic heterocycles. The third-order valence-electron chi connectivity index (χ3n) is 4.04. The number of aliphatic hydroxyl groups excluding tert-OH is 1. The number of benzene rings is 2. The van der Waals surface area contributed by atoms with Crippen LogP contribution in [0.15, 0.2) is 57.8 Å². The minimum absolute atomic E-state index is 0.0585. The van der Waals surface area contributed by atoms with Gasteiger partial charge in [-0.15, -0.1) is 0 Å². The summed E-state index contributed by atoms with van der Waals surface area (Å²) in [4.78, 5) is 0.0585. The van der Waals surface area contributed by atoms with E-state index in [0.717, 1.165) is 22.9 Å². The Morgan fingerprint density at radius 2 is 1.88 bits per heavy atom. The zero-order valence-corrected chi connectivity index (χ0v) is 14.9. The minimum Gasteiger partial charge on any atom is -0.458 e. The summed E-state index contributed by atoms with van der Waals surface area (Å²) in [6.07, 6.45) is -0.365. The quantitative estimate of drug-likeness (QED) is 0.678. The summed E-state index contributed by atoms with van der Waals surface area (Å²) in [7, 11) is -3.92. The molecule has 6 heteroatoms. The lowest BCUT2D eigenvalue weighted by atomic mass is 10.1. The van der Waals surface area contributed by atoms with Crippen molar-refractivity contribution in [3.8, 4) is 0 Å². The van der Waals surface area contributed by atoms with E-state index in [1.807, 2.05) is 32.0 Å². The number of aliphatic hydroxyl groups is 1. The molecule has 3 aromatic rings. The van der Waals surface area contributed by atoms with Crippen molar-refractivity contribution in [1.29, 1.82) is 0 Å². The van der Waals surface area contributed by atoms with Crippen molar-refractivity contribution < 1.29 is 22.1 Å². The molecule has 2 aromatic carbocycles. The van der Waals surface area contributed by atoms with E-state index in [9.17, 15) is 13.5 Å². The first-order valence-corrected chi connectivity index (χ1v) is 9.47. The first-order valence-electron chi connectivity index (χ1n) is 8.06.